The highest BCUT2D eigenvalue weighted by Crippen LogP contribution is 2.26. The zero-order valence-electron chi connectivity index (χ0n) is 19.6. The van der Waals surface area contributed by atoms with E-state index in [2.05, 4.69) is 78.8 Å². The SMILES string of the molecule is COC1CCN(Cn2nc(-c3ccc(C(C)(C)C)cc3)n(Cc3ccccc3)c2=S)CC1. The van der Waals surface area contributed by atoms with E-state index in [1.807, 2.05) is 10.7 Å². The van der Waals surface area contributed by atoms with Crippen LogP contribution in [0.1, 0.15) is 44.7 Å². The Morgan fingerprint density at radius 3 is 2.25 bits per heavy atom. The average molecular weight is 451 g/mol. The lowest BCUT2D eigenvalue weighted by molar-refractivity contribution is 0.0301. The highest BCUT2D eigenvalue weighted by molar-refractivity contribution is 7.71. The summed E-state index contributed by atoms with van der Waals surface area (Å²) in [5, 5.41) is 5.00. The van der Waals surface area contributed by atoms with Gasteiger partial charge in [-0.2, -0.15) is 5.10 Å². The molecule has 2 aromatic carbocycles. The molecule has 0 atom stereocenters. The van der Waals surface area contributed by atoms with E-state index in [-0.39, 0.29) is 5.41 Å². The molecular weight excluding hydrogens is 416 g/mol. The molecule has 1 aliphatic rings. The molecule has 0 aliphatic carbocycles. The van der Waals surface area contributed by atoms with Crippen LogP contribution in [0.4, 0.5) is 0 Å². The third kappa shape index (κ3) is 5.20. The molecule has 1 aromatic heterocycles. The molecular formula is C26H34N4OS. The van der Waals surface area contributed by atoms with Crippen molar-refractivity contribution in [2.24, 2.45) is 0 Å². The van der Waals surface area contributed by atoms with Crippen LogP contribution in [0.5, 0.6) is 0 Å². The minimum atomic E-state index is 0.120. The Labute approximate surface area is 196 Å². The van der Waals surface area contributed by atoms with Gasteiger partial charge in [-0.3, -0.25) is 9.47 Å². The second-order valence-electron chi connectivity index (χ2n) is 9.70. The zero-order chi connectivity index (χ0) is 22.7. The van der Waals surface area contributed by atoms with Crippen molar-refractivity contribution in [3.05, 3.63) is 70.5 Å². The first kappa shape index (κ1) is 22.9. The molecule has 1 saturated heterocycles. The van der Waals surface area contributed by atoms with Gasteiger partial charge in [0.2, 0.25) is 0 Å². The highest BCUT2D eigenvalue weighted by atomic mass is 32.1. The van der Waals surface area contributed by atoms with Crippen molar-refractivity contribution >= 4 is 12.2 Å². The summed E-state index contributed by atoms with van der Waals surface area (Å²) in [4.78, 5) is 2.41. The maximum atomic E-state index is 5.92. The summed E-state index contributed by atoms with van der Waals surface area (Å²) in [6.45, 7) is 10.1. The number of aromatic nitrogens is 3. The van der Waals surface area contributed by atoms with Crippen LogP contribution < -0.4 is 0 Å². The number of likely N-dealkylation sites (tertiary alicyclic amines) is 1. The Balaban J connectivity index is 1.66. The number of hydrogen-bond acceptors (Lipinski definition) is 4. The molecule has 170 valence electrons. The van der Waals surface area contributed by atoms with E-state index in [0.717, 1.165) is 42.1 Å². The van der Waals surface area contributed by atoms with Gasteiger partial charge in [0.15, 0.2) is 10.6 Å². The Bertz CT molecular complexity index is 1070. The fourth-order valence-electron chi connectivity index (χ4n) is 4.25. The summed E-state index contributed by atoms with van der Waals surface area (Å²) in [5.74, 6) is 0.922. The van der Waals surface area contributed by atoms with Crippen LogP contribution in [0.2, 0.25) is 0 Å². The maximum Gasteiger partial charge on any atom is 0.199 e. The standard InChI is InChI=1S/C26H34N4OS/c1-26(2,3)22-12-10-21(11-13-22)24-27-30(19-28-16-14-23(31-4)15-17-28)25(32)29(24)18-20-8-6-5-7-9-20/h5-13,23H,14-19H2,1-4H3. The van der Waals surface area contributed by atoms with E-state index in [9.17, 15) is 0 Å². The van der Waals surface area contributed by atoms with E-state index < -0.39 is 0 Å². The number of nitrogens with zero attached hydrogens (tertiary/aromatic N) is 4. The normalized spacial score (nSPS) is 15.9. The van der Waals surface area contributed by atoms with Gasteiger partial charge in [-0.15, -0.1) is 0 Å². The molecule has 32 heavy (non-hydrogen) atoms. The summed E-state index contributed by atoms with van der Waals surface area (Å²) in [6, 6.07) is 19.2. The molecule has 5 nitrogen and oxygen atoms in total. The van der Waals surface area contributed by atoms with Gasteiger partial charge in [0.05, 0.1) is 19.3 Å². The van der Waals surface area contributed by atoms with Crippen molar-refractivity contribution in [2.45, 2.75) is 58.3 Å². The van der Waals surface area contributed by atoms with Gasteiger partial charge in [0.25, 0.3) is 0 Å². The van der Waals surface area contributed by atoms with Crippen molar-refractivity contribution in [1.29, 1.82) is 0 Å². The third-order valence-corrected chi connectivity index (χ3v) is 6.75. The first-order valence-corrected chi connectivity index (χ1v) is 11.8. The lowest BCUT2D eigenvalue weighted by Gasteiger charge is -2.30. The van der Waals surface area contributed by atoms with Crippen molar-refractivity contribution in [2.75, 3.05) is 20.2 Å². The first-order valence-electron chi connectivity index (χ1n) is 11.4. The smallest absolute Gasteiger partial charge is 0.199 e. The van der Waals surface area contributed by atoms with Gasteiger partial charge >= 0.3 is 0 Å². The minimum absolute atomic E-state index is 0.120. The van der Waals surface area contributed by atoms with Crippen LogP contribution >= 0.6 is 12.2 Å². The predicted molar refractivity (Wildman–Crippen MR) is 132 cm³/mol. The van der Waals surface area contributed by atoms with Crippen LogP contribution in [-0.2, 0) is 23.4 Å². The van der Waals surface area contributed by atoms with Crippen molar-refractivity contribution < 1.29 is 4.74 Å². The molecule has 2 heterocycles. The Hall–Kier alpha value is -2.28. The molecule has 4 rings (SSSR count). The van der Waals surface area contributed by atoms with Crippen molar-refractivity contribution in [3.8, 4) is 11.4 Å². The molecule has 0 spiro atoms. The fraction of sp³-hybridized carbons (Fsp3) is 0.462. The zero-order valence-corrected chi connectivity index (χ0v) is 20.4. The number of hydrogen-bond donors (Lipinski definition) is 0. The number of rotatable bonds is 6. The van der Waals surface area contributed by atoms with Crippen LogP contribution in [0, 0.1) is 4.77 Å². The number of benzene rings is 2. The molecule has 1 fully saturated rings. The molecule has 1 aliphatic heterocycles. The first-order chi connectivity index (χ1) is 15.3. The second kappa shape index (κ2) is 9.69. The van der Waals surface area contributed by atoms with Gasteiger partial charge in [0.1, 0.15) is 0 Å². The monoisotopic (exact) mass is 450 g/mol. The van der Waals surface area contributed by atoms with E-state index in [1.165, 1.54) is 11.1 Å². The summed E-state index contributed by atoms with van der Waals surface area (Å²) in [6.07, 6.45) is 2.47. The van der Waals surface area contributed by atoms with Gasteiger partial charge in [-0.25, -0.2) is 4.68 Å². The lowest BCUT2D eigenvalue weighted by atomic mass is 9.87. The van der Waals surface area contributed by atoms with Crippen LogP contribution in [-0.4, -0.2) is 45.6 Å². The molecule has 0 unspecified atom stereocenters. The Morgan fingerprint density at radius 2 is 1.66 bits per heavy atom. The van der Waals surface area contributed by atoms with E-state index in [0.29, 0.717) is 19.3 Å². The number of piperidine rings is 1. The van der Waals surface area contributed by atoms with Gasteiger partial charge < -0.3 is 4.74 Å². The van der Waals surface area contributed by atoms with Crippen LogP contribution in [0.25, 0.3) is 11.4 Å². The summed E-state index contributed by atoms with van der Waals surface area (Å²) in [5.41, 5.74) is 3.75. The lowest BCUT2D eigenvalue weighted by Crippen LogP contribution is -2.38. The average Bonchev–Trinajstić information content (AvgIpc) is 3.09. The highest BCUT2D eigenvalue weighted by Gasteiger charge is 2.21. The predicted octanol–water partition coefficient (Wildman–Crippen LogP) is 5.50. The molecule has 0 amide bonds. The second-order valence-corrected chi connectivity index (χ2v) is 10.1. The van der Waals surface area contributed by atoms with E-state index in [4.69, 9.17) is 22.1 Å². The van der Waals surface area contributed by atoms with E-state index in [1.54, 1.807) is 7.11 Å². The van der Waals surface area contributed by atoms with Crippen LogP contribution in [0.3, 0.4) is 0 Å². The van der Waals surface area contributed by atoms with Crippen molar-refractivity contribution in [3.63, 3.8) is 0 Å². The van der Waals surface area contributed by atoms with Gasteiger partial charge in [-0.1, -0.05) is 75.4 Å². The number of ether oxygens (including phenoxy) is 1. The Morgan fingerprint density at radius 1 is 1.00 bits per heavy atom. The summed E-state index contributed by atoms with van der Waals surface area (Å²) >= 11 is 5.92. The molecule has 0 N–H and O–H groups in total. The molecule has 0 radical (unpaired) electrons. The minimum Gasteiger partial charge on any atom is -0.381 e. The van der Waals surface area contributed by atoms with E-state index >= 15 is 0 Å². The van der Waals surface area contributed by atoms with Gasteiger partial charge in [-0.05, 0) is 41.6 Å². The molecule has 6 heteroatoms. The summed E-state index contributed by atoms with van der Waals surface area (Å²) in [7, 11) is 1.80. The maximum absolute atomic E-state index is 5.92. The van der Waals surface area contributed by atoms with Crippen molar-refractivity contribution in [1.82, 2.24) is 19.2 Å². The topological polar surface area (TPSA) is 35.2 Å². The quantitative estimate of drug-likeness (QED) is 0.465. The summed E-state index contributed by atoms with van der Waals surface area (Å²) < 4.78 is 10.4. The fourth-order valence-corrected chi connectivity index (χ4v) is 4.50. The molecule has 3 aromatic rings. The van der Waals surface area contributed by atoms with Crippen LogP contribution in [0.15, 0.2) is 54.6 Å². The van der Waals surface area contributed by atoms with Gasteiger partial charge in [0, 0.05) is 25.8 Å². The molecule has 0 saturated carbocycles. The molecule has 0 bridgehead atoms. The number of methoxy groups -OCH3 is 1. The largest absolute Gasteiger partial charge is 0.381 e. The third-order valence-electron chi connectivity index (χ3n) is 6.32. The Kier molecular flexibility index (Phi) is 6.93.